The molecule has 1 aliphatic heterocycles. The van der Waals surface area contributed by atoms with Gasteiger partial charge in [-0.05, 0) is 39.1 Å². The molecule has 0 amide bonds. The average Bonchev–Trinajstić information content (AvgIpc) is 2.73. The molecule has 4 rings (SSSR count). The number of nitrogens with zero attached hydrogens (tertiary/aromatic N) is 5. The number of para-hydroxylation sites is 1. The number of anilines is 1. The van der Waals surface area contributed by atoms with Crippen LogP contribution in [0.5, 0.6) is 0 Å². The number of likely N-dealkylation sites (N-methyl/N-ethyl adjacent to an activating group) is 1. The average molecular weight is 330 g/mol. The lowest BCUT2D eigenvalue weighted by Gasteiger charge is -2.23. The van der Waals surface area contributed by atoms with Crippen molar-refractivity contribution >= 4 is 34.0 Å². The highest BCUT2D eigenvalue weighted by atomic mass is 35.5. The van der Waals surface area contributed by atoms with Gasteiger partial charge in [-0.2, -0.15) is 5.10 Å². The number of halogens is 1. The number of hydrogen-bond donors (Lipinski definition) is 0. The van der Waals surface area contributed by atoms with Crippen LogP contribution in [0.1, 0.15) is 12.1 Å². The maximum Gasteiger partial charge on any atom is 0.176 e. The van der Waals surface area contributed by atoms with Crippen molar-refractivity contribution in [3.05, 3.63) is 35.0 Å². The molecule has 3 aromatic rings. The van der Waals surface area contributed by atoms with Gasteiger partial charge in [-0.1, -0.05) is 23.7 Å². The van der Waals surface area contributed by atoms with Gasteiger partial charge in [0.05, 0.1) is 11.2 Å². The second kappa shape index (κ2) is 5.65. The second-order valence-electron chi connectivity index (χ2n) is 6.23. The lowest BCUT2D eigenvalue weighted by molar-refractivity contribution is 0.360. The van der Waals surface area contributed by atoms with Gasteiger partial charge < -0.3 is 9.80 Å². The second-order valence-corrected chi connectivity index (χ2v) is 6.61. The number of aryl methyl sites for hydroxylation is 1. The minimum Gasteiger partial charge on any atom is -0.355 e. The Morgan fingerprint density at radius 1 is 1.09 bits per heavy atom. The molecule has 0 aliphatic carbocycles. The Bertz CT molecular complexity index is 872. The predicted molar refractivity (Wildman–Crippen MR) is 94.6 cm³/mol. The van der Waals surface area contributed by atoms with E-state index < -0.39 is 0 Å². The van der Waals surface area contributed by atoms with E-state index in [4.69, 9.17) is 16.6 Å². The summed E-state index contributed by atoms with van der Waals surface area (Å²) in [6, 6.07) is 8.30. The first-order valence-electron chi connectivity index (χ1n) is 8.02. The van der Waals surface area contributed by atoms with Crippen LogP contribution in [-0.2, 0) is 0 Å². The molecule has 0 bridgehead atoms. The molecule has 0 radical (unpaired) electrons. The van der Waals surface area contributed by atoms with Gasteiger partial charge in [0.25, 0.3) is 0 Å². The van der Waals surface area contributed by atoms with Crippen LogP contribution in [0.2, 0.25) is 5.02 Å². The van der Waals surface area contributed by atoms with Gasteiger partial charge in [0.15, 0.2) is 5.65 Å². The minimum absolute atomic E-state index is 0.643. The highest BCUT2D eigenvalue weighted by Gasteiger charge is 2.20. The number of benzene rings is 1. The maximum absolute atomic E-state index is 6.44. The smallest absolute Gasteiger partial charge is 0.176 e. The van der Waals surface area contributed by atoms with Crippen LogP contribution >= 0.6 is 11.6 Å². The molecule has 6 heteroatoms. The fraction of sp³-hybridized carbons (Fsp3) is 0.412. The molecule has 0 N–H and O–H groups in total. The van der Waals surface area contributed by atoms with Crippen molar-refractivity contribution in [2.75, 3.05) is 38.1 Å². The molecule has 5 nitrogen and oxygen atoms in total. The summed E-state index contributed by atoms with van der Waals surface area (Å²) in [4.78, 5) is 9.64. The molecule has 3 heterocycles. The number of aromatic nitrogens is 3. The Labute approximate surface area is 140 Å². The summed E-state index contributed by atoms with van der Waals surface area (Å²) in [5.74, 6) is 1.02. The lowest BCUT2D eigenvalue weighted by atomic mass is 10.2. The zero-order valence-corrected chi connectivity index (χ0v) is 14.2. The summed E-state index contributed by atoms with van der Waals surface area (Å²) >= 11 is 6.44. The first kappa shape index (κ1) is 14.7. The fourth-order valence-electron chi connectivity index (χ4n) is 3.27. The van der Waals surface area contributed by atoms with E-state index in [-0.39, 0.29) is 0 Å². The van der Waals surface area contributed by atoms with E-state index in [0.717, 1.165) is 60.7 Å². The van der Waals surface area contributed by atoms with Crippen LogP contribution < -0.4 is 4.90 Å². The van der Waals surface area contributed by atoms with Crippen LogP contribution in [-0.4, -0.2) is 52.7 Å². The quantitative estimate of drug-likeness (QED) is 0.687. The van der Waals surface area contributed by atoms with Crippen LogP contribution in [0.4, 0.5) is 5.82 Å². The first-order chi connectivity index (χ1) is 11.1. The summed E-state index contributed by atoms with van der Waals surface area (Å²) in [7, 11) is 2.18. The van der Waals surface area contributed by atoms with Gasteiger partial charge in [-0.3, -0.25) is 0 Å². The van der Waals surface area contributed by atoms with Gasteiger partial charge in [0.1, 0.15) is 10.8 Å². The topological polar surface area (TPSA) is 36.7 Å². The molecule has 23 heavy (non-hydrogen) atoms. The van der Waals surface area contributed by atoms with E-state index in [0.29, 0.717) is 5.02 Å². The van der Waals surface area contributed by atoms with Crippen LogP contribution in [0.25, 0.3) is 16.6 Å². The van der Waals surface area contributed by atoms with Crippen molar-refractivity contribution in [1.82, 2.24) is 19.5 Å². The summed E-state index contributed by atoms with van der Waals surface area (Å²) in [6.45, 7) is 6.10. The third-order valence-corrected chi connectivity index (χ3v) is 5.01. The van der Waals surface area contributed by atoms with Crippen molar-refractivity contribution in [3.63, 3.8) is 0 Å². The zero-order chi connectivity index (χ0) is 16.0. The van der Waals surface area contributed by atoms with Crippen molar-refractivity contribution in [2.45, 2.75) is 13.3 Å². The third-order valence-electron chi connectivity index (χ3n) is 4.57. The molecule has 0 spiro atoms. The standard InChI is InChI=1S/C17H20ClN5/c1-12-15(18)17-19-16(22-9-5-8-21(2)10-11-22)13-6-3-4-7-14(13)23(17)20-12/h3-4,6-7H,5,8-11H2,1-2H3. The number of rotatable bonds is 1. The Morgan fingerprint density at radius 3 is 2.78 bits per heavy atom. The Morgan fingerprint density at radius 2 is 1.91 bits per heavy atom. The normalized spacial score (nSPS) is 17.1. The van der Waals surface area contributed by atoms with Gasteiger partial charge in [0.2, 0.25) is 0 Å². The molecular formula is C17H20ClN5. The first-order valence-corrected chi connectivity index (χ1v) is 8.40. The molecule has 1 fully saturated rings. The predicted octanol–water partition coefficient (Wildman–Crippen LogP) is 2.99. The summed E-state index contributed by atoms with van der Waals surface area (Å²) in [5.41, 5.74) is 2.62. The molecule has 1 aliphatic rings. The molecular weight excluding hydrogens is 310 g/mol. The highest BCUT2D eigenvalue weighted by Crippen LogP contribution is 2.30. The highest BCUT2D eigenvalue weighted by molar-refractivity contribution is 6.34. The van der Waals surface area contributed by atoms with Gasteiger partial charge in [-0.25, -0.2) is 9.50 Å². The Hall–Kier alpha value is -1.85. The van der Waals surface area contributed by atoms with E-state index in [1.165, 1.54) is 0 Å². The van der Waals surface area contributed by atoms with Gasteiger partial charge in [0, 0.05) is 25.0 Å². The largest absolute Gasteiger partial charge is 0.355 e. The van der Waals surface area contributed by atoms with E-state index >= 15 is 0 Å². The van der Waals surface area contributed by atoms with Crippen LogP contribution in [0, 0.1) is 6.92 Å². The molecule has 0 unspecified atom stereocenters. The number of hydrogen-bond acceptors (Lipinski definition) is 4. The SMILES string of the molecule is Cc1nn2c(nc(N3CCCN(C)CC3)c3ccccc32)c1Cl. The molecule has 1 aromatic carbocycles. The molecule has 120 valence electrons. The van der Waals surface area contributed by atoms with Crippen molar-refractivity contribution in [1.29, 1.82) is 0 Å². The van der Waals surface area contributed by atoms with Crippen molar-refractivity contribution in [3.8, 4) is 0 Å². The molecule has 2 aromatic heterocycles. The van der Waals surface area contributed by atoms with Crippen LogP contribution in [0.15, 0.2) is 24.3 Å². The fourth-order valence-corrected chi connectivity index (χ4v) is 3.43. The maximum atomic E-state index is 6.44. The minimum atomic E-state index is 0.643. The van der Waals surface area contributed by atoms with E-state index in [1.54, 1.807) is 0 Å². The van der Waals surface area contributed by atoms with Gasteiger partial charge >= 0.3 is 0 Å². The molecule has 0 atom stereocenters. The lowest BCUT2D eigenvalue weighted by Crippen LogP contribution is -2.29. The van der Waals surface area contributed by atoms with Gasteiger partial charge in [-0.15, -0.1) is 0 Å². The van der Waals surface area contributed by atoms with Crippen molar-refractivity contribution in [2.24, 2.45) is 0 Å². The Kier molecular flexibility index (Phi) is 3.62. The van der Waals surface area contributed by atoms with E-state index in [9.17, 15) is 0 Å². The van der Waals surface area contributed by atoms with Crippen LogP contribution in [0.3, 0.4) is 0 Å². The summed E-state index contributed by atoms with van der Waals surface area (Å²) in [5, 5.41) is 6.32. The summed E-state index contributed by atoms with van der Waals surface area (Å²) in [6.07, 6.45) is 1.14. The summed E-state index contributed by atoms with van der Waals surface area (Å²) < 4.78 is 1.86. The van der Waals surface area contributed by atoms with Crippen molar-refractivity contribution < 1.29 is 0 Å². The number of fused-ring (bicyclic) bond motifs is 3. The Balaban J connectivity index is 1.95. The monoisotopic (exact) mass is 329 g/mol. The molecule has 0 saturated carbocycles. The van der Waals surface area contributed by atoms with E-state index in [2.05, 4.69) is 40.1 Å². The van der Waals surface area contributed by atoms with E-state index in [1.807, 2.05) is 17.5 Å². The zero-order valence-electron chi connectivity index (χ0n) is 13.5. The third kappa shape index (κ3) is 2.44. The molecule has 1 saturated heterocycles.